The Balaban J connectivity index is 1.99. The molecule has 96 valence electrons. The molecule has 0 saturated heterocycles. The first-order valence-electron chi connectivity index (χ1n) is 6.55. The van der Waals surface area contributed by atoms with Gasteiger partial charge in [-0.25, -0.2) is 0 Å². The molecule has 2 nitrogen and oxygen atoms in total. The van der Waals surface area contributed by atoms with E-state index in [1.807, 2.05) is 48.5 Å². The van der Waals surface area contributed by atoms with E-state index in [4.69, 9.17) is 4.74 Å². The molecule has 2 aromatic carbocycles. The van der Waals surface area contributed by atoms with Crippen molar-refractivity contribution in [3.63, 3.8) is 0 Å². The Morgan fingerprint density at radius 1 is 1.11 bits per heavy atom. The molecule has 0 aliphatic heterocycles. The molecule has 1 aliphatic carbocycles. The lowest BCUT2D eigenvalue weighted by Gasteiger charge is -2.24. The van der Waals surface area contributed by atoms with Crippen molar-refractivity contribution in [3.8, 4) is 5.75 Å². The van der Waals surface area contributed by atoms with E-state index in [1.54, 1.807) is 7.11 Å². The van der Waals surface area contributed by atoms with Gasteiger partial charge in [-0.05, 0) is 36.1 Å². The van der Waals surface area contributed by atoms with Gasteiger partial charge in [-0.3, -0.25) is 4.79 Å². The average Bonchev–Trinajstić information content (AvgIpc) is 2.48. The Kier molecular flexibility index (Phi) is 3.08. The van der Waals surface area contributed by atoms with Gasteiger partial charge in [-0.2, -0.15) is 0 Å². The number of rotatable bonds is 2. The Bertz CT molecular complexity index is 602. The Labute approximate surface area is 113 Å². The van der Waals surface area contributed by atoms with Gasteiger partial charge in [0.25, 0.3) is 0 Å². The Hall–Kier alpha value is -2.09. The lowest BCUT2D eigenvalue weighted by Crippen LogP contribution is -2.20. The maximum atomic E-state index is 12.6. The third kappa shape index (κ3) is 2.14. The largest absolute Gasteiger partial charge is 0.497 e. The van der Waals surface area contributed by atoms with Gasteiger partial charge >= 0.3 is 0 Å². The second-order valence-corrected chi connectivity index (χ2v) is 4.89. The van der Waals surface area contributed by atoms with Gasteiger partial charge in [0.2, 0.25) is 0 Å². The van der Waals surface area contributed by atoms with Crippen LogP contribution in [0.1, 0.15) is 33.8 Å². The topological polar surface area (TPSA) is 26.3 Å². The fourth-order valence-corrected chi connectivity index (χ4v) is 2.75. The number of hydrogen-bond acceptors (Lipinski definition) is 2. The summed E-state index contributed by atoms with van der Waals surface area (Å²) in [6, 6.07) is 15.8. The summed E-state index contributed by atoms with van der Waals surface area (Å²) in [5.74, 6) is 0.952. The van der Waals surface area contributed by atoms with Crippen molar-refractivity contribution in [2.45, 2.75) is 18.8 Å². The molecule has 1 atom stereocenters. The molecule has 2 heteroatoms. The van der Waals surface area contributed by atoms with Crippen LogP contribution in [-0.4, -0.2) is 12.9 Å². The zero-order valence-corrected chi connectivity index (χ0v) is 10.9. The summed E-state index contributed by atoms with van der Waals surface area (Å²) in [7, 11) is 1.63. The molecular formula is C17H16O2. The number of fused-ring (bicyclic) bond motifs is 1. The number of ketones is 1. The second kappa shape index (κ2) is 4.88. The molecule has 0 amide bonds. The van der Waals surface area contributed by atoms with Crippen LogP contribution < -0.4 is 4.74 Å². The van der Waals surface area contributed by atoms with Gasteiger partial charge in [0.05, 0.1) is 7.11 Å². The van der Waals surface area contributed by atoms with E-state index in [-0.39, 0.29) is 11.7 Å². The number of carbonyl (C=O) groups is 1. The number of carbonyl (C=O) groups excluding carboxylic acids is 1. The molecule has 0 saturated carbocycles. The summed E-state index contributed by atoms with van der Waals surface area (Å²) in [5.41, 5.74) is 3.07. The highest BCUT2D eigenvalue weighted by molar-refractivity contribution is 6.03. The van der Waals surface area contributed by atoms with Crippen molar-refractivity contribution in [2.24, 2.45) is 0 Å². The van der Waals surface area contributed by atoms with E-state index in [2.05, 4.69) is 0 Å². The summed E-state index contributed by atoms with van der Waals surface area (Å²) in [6.45, 7) is 0. The molecule has 0 fully saturated rings. The highest BCUT2D eigenvalue weighted by atomic mass is 16.5. The zero-order chi connectivity index (χ0) is 13.2. The van der Waals surface area contributed by atoms with Crippen molar-refractivity contribution in [2.75, 3.05) is 7.11 Å². The lowest BCUT2D eigenvalue weighted by atomic mass is 9.79. The minimum absolute atomic E-state index is 0.0131. The fourth-order valence-electron chi connectivity index (χ4n) is 2.75. The number of methoxy groups -OCH3 is 1. The molecule has 19 heavy (non-hydrogen) atoms. The highest BCUT2D eigenvalue weighted by Crippen LogP contribution is 2.34. The summed E-state index contributed by atoms with van der Waals surface area (Å²) in [5, 5.41) is 0. The van der Waals surface area contributed by atoms with Crippen molar-refractivity contribution in [1.29, 1.82) is 0 Å². The SMILES string of the molecule is COc1ccc2c(c1)C(=O)[C@H](c1ccccc1)CC2. The molecule has 0 bridgehead atoms. The van der Waals surface area contributed by atoms with Gasteiger partial charge in [0.1, 0.15) is 5.75 Å². The van der Waals surface area contributed by atoms with Crippen molar-refractivity contribution in [3.05, 3.63) is 65.2 Å². The van der Waals surface area contributed by atoms with Crippen LogP contribution in [0.15, 0.2) is 48.5 Å². The molecule has 0 unspecified atom stereocenters. The molecular weight excluding hydrogens is 236 g/mol. The van der Waals surface area contributed by atoms with E-state index >= 15 is 0 Å². The zero-order valence-electron chi connectivity index (χ0n) is 10.9. The van der Waals surface area contributed by atoms with E-state index in [0.717, 1.165) is 35.3 Å². The number of benzene rings is 2. The van der Waals surface area contributed by atoms with Crippen molar-refractivity contribution in [1.82, 2.24) is 0 Å². The molecule has 0 N–H and O–H groups in total. The number of hydrogen-bond donors (Lipinski definition) is 0. The van der Waals surface area contributed by atoms with Crippen LogP contribution in [0.4, 0.5) is 0 Å². The number of Topliss-reactive ketones (excluding diaryl/α,β-unsaturated/α-hetero) is 1. The van der Waals surface area contributed by atoms with Gasteiger partial charge in [-0.1, -0.05) is 36.4 Å². The molecule has 0 aromatic heterocycles. The molecule has 0 radical (unpaired) electrons. The van der Waals surface area contributed by atoms with Crippen LogP contribution >= 0.6 is 0 Å². The predicted octanol–water partition coefficient (Wildman–Crippen LogP) is 3.61. The summed E-state index contributed by atoms with van der Waals surface area (Å²) in [6.07, 6.45) is 1.84. The van der Waals surface area contributed by atoms with Gasteiger partial charge < -0.3 is 4.74 Å². The molecule has 0 spiro atoms. The highest BCUT2D eigenvalue weighted by Gasteiger charge is 2.28. The normalized spacial score (nSPS) is 17.9. The summed E-state index contributed by atoms with van der Waals surface area (Å²) < 4.78 is 5.22. The quantitative estimate of drug-likeness (QED) is 0.816. The van der Waals surface area contributed by atoms with Gasteiger partial charge in [0.15, 0.2) is 5.78 Å². The summed E-state index contributed by atoms with van der Waals surface area (Å²) in [4.78, 5) is 12.6. The minimum Gasteiger partial charge on any atom is -0.497 e. The van der Waals surface area contributed by atoms with E-state index < -0.39 is 0 Å². The minimum atomic E-state index is -0.0131. The van der Waals surface area contributed by atoms with Gasteiger partial charge in [0, 0.05) is 11.5 Å². The third-order valence-corrected chi connectivity index (χ3v) is 3.80. The van der Waals surface area contributed by atoms with Crippen molar-refractivity contribution >= 4 is 5.78 Å². The Morgan fingerprint density at radius 2 is 1.89 bits per heavy atom. The van der Waals surface area contributed by atoms with E-state index in [1.165, 1.54) is 0 Å². The second-order valence-electron chi connectivity index (χ2n) is 4.89. The Morgan fingerprint density at radius 3 is 2.63 bits per heavy atom. The first-order valence-corrected chi connectivity index (χ1v) is 6.55. The lowest BCUT2D eigenvalue weighted by molar-refractivity contribution is 0.0946. The smallest absolute Gasteiger partial charge is 0.170 e. The maximum absolute atomic E-state index is 12.6. The predicted molar refractivity (Wildman–Crippen MR) is 74.8 cm³/mol. The van der Waals surface area contributed by atoms with Crippen LogP contribution in [0.2, 0.25) is 0 Å². The number of ether oxygens (including phenoxy) is 1. The third-order valence-electron chi connectivity index (χ3n) is 3.80. The average molecular weight is 252 g/mol. The van der Waals surface area contributed by atoms with E-state index in [9.17, 15) is 4.79 Å². The first-order chi connectivity index (χ1) is 9.29. The van der Waals surface area contributed by atoms with Crippen LogP contribution in [0.5, 0.6) is 5.75 Å². The van der Waals surface area contributed by atoms with Crippen LogP contribution in [0.25, 0.3) is 0 Å². The molecule has 1 aliphatic rings. The van der Waals surface area contributed by atoms with Crippen LogP contribution in [0, 0.1) is 0 Å². The van der Waals surface area contributed by atoms with Crippen LogP contribution in [0.3, 0.4) is 0 Å². The standard InChI is InChI=1S/C17H16O2/c1-19-14-9-7-13-8-10-15(17(18)16(13)11-14)12-5-3-2-4-6-12/h2-7,9,11,15H,8,10H2,1H3/t15-/m0/s1. The molecule has 0 heterocycles. The van der Waals surface area contributed by atoms with Crippen LogP contribution in [-0.2, 0) is 6.42 Å². The van der Waals surface area contributed by atoms with E-state index in [0.29, 0.717) is 0 Å². The van der Waals surface area contributed by atoms with Crippen molar-refractivity contribution < 1.29 is 9.53 Å². The van der Waals surface area contributed by atoms with Gasteiger partial charge in [-0.15, -0.1) is 0 Å². The fraction of sp³-hybridized carbons (Fsp3) is 0.235. The number of aryl methyl sites for hydroxylation is 1. The molecule has 3 rings (SSSR count). The first kappa shape index (κ1) is 12.0. The molecule has 2 aromatic rings. The monoisotopic (exact) mass is 252 g/mol. The maximum Gasteiger partial charge on any atom is 0.170 e. The summed E-state index contributed by atoms with van der Waals surface area (Å²) >= 11 is 0.